The summed E-state index contributed by atoms with van der Waals surface area (Å²) in [4.78, 5) is 14.5. The minimum atomic E-state index is -1.22. The fourth-order valence-corrected chi connectivity index (χ4v) is 1.94. The van der Waals surface area contributed by atoms with E-state index in [1.165, 1.54) is 6.20 Å². The van der Waals surface area contributed by atoms with Crippen LogP contribution in [0.1, 0.15) is 14.7 Å². The van der Waals surface area contributed by atoms with Gasteiger partial charge in [-0.3, -0.25) is 0 Å². The minimum absolute atomic E-state index is 0.0970. The number of carbonyl (C=O) groups is 1. The van der Waals surface area contributed by atoms with Crippen LogP contribution in [0.25, 0.3) is 0 Å². The number of hydrogen-bond donors (Lipinski definition) is 0. The first-order valence-corrected chi connectivity index (χ1v) is 5.89. The second kappa shape index (κ2) is 5.16. The average Bonchev–Trinajstić information content (AvgIpc) is 2.77. The molecule has 0 aliphatic carbocycles. The summed E-state index contributed by atoms with van der Waals surface area (Å²) in [7, 11) is 0. The van der Waals surface area contributed by atoms with Crippen LogP contribution in [0.5, 0.6) is 5.75 Å². The van der Waals surface area contributed by atoms with E-state index in [-0.39, 0.29) is 11.5 Å². The Morgan fingerprint density at radius 2 is 2.12 bits per heavy atom. The van der Waals surface area contributed by atoms with Crippen LogP contribution in [-0.2, 0) is 6.61 Å². The van der Waals surface area contributed by atoms with Crippen LogP contribution in [0.4, 0.5) is 0 Å². The number of benzene rings is 1. The van der Waals surface area contributed by atoms with Gasteiger partial charge in [0.25, 0.3) is 0 Å². The summed E-state index contributed by atoms with van der Waals surface area (Å²) in [6.45, 7) is 0.222. The molecule has 4 nitrogen and oxygen atoms in total. The molecule has 0 amide bonds. The molecule has 0 atom stereocenters. The van der Waals surface area contributed by atoms with E-state index < -0.39 is 5.97 Å². The Morgan fingerprint density at radius 1 is 1.41 bits per heavy atom. The molecule has 6 heteroatoms. The highest BCUT2D eigenvalue weighted by Gasteiger charge is 2.03. The second-order valence-corrected chi connectivity index (χ2v) is 4.70. The third kappa shape index (κ3) is 3.18. The third-order valence-corrected chi connectivity index (χ3v) is 3.13. The van der Waals surface area contributed by atoms with Crippen molar-refractivity contribution in [2.45, 2.75) is 6.61 Å². The number of thiazole rings is 1. The standard InChI is InChI=1S/C11H8ClNO3S/c12-7-1-3-8(4-2-7)16-6-10-13-5-9(17-10)11(14)15/h1-5H,6H2,(H,14,15)/p-1. The van der Waals surface area contributed by atoms with Gasteiger partial charge in [-0.2, -0.15) is 0 Å². The van der Waals surface area contributed by atoms with Crippen LogP contribution >= 0.6 is 22.9 Å². The first kappa shape index (κ1) is 11.9. The Labute approximate surface area is 106 Å². The van der Waals surface area contributed by atoms with Crippen molar-refractivity contribution < 1.29 is 14.6 Å². The molecule has 1 aromatic heterocycles. The van der Waals surface area contributed by atoms with Gasteiger partial charge in [0.05, 0.1) is 10.8 Å². The van der Waals surface area contributed by atoms with Crippen molar-refractivity contribution in [2.75, 3.05) is 0 Å². The number of nitrogens with zero attached hydrogens (tertiary/aromatic N) is 1. The summed E-state index contributed by atoms with van der Waals surface area (Å²) in [6, 6.07) is 6.89. The Bertz CT molecular complexity index is 524. The fraction of sp³-hybridized carbons (Fsp3) is 0.0909. The highest BCUT2D eigenvalue weighted by molar-refractivity contribution is 7.13. The van der Waals surface area contributed by atoms with E-state index in [1.807, 2.05) is 0 Å². The van der Waals surface area contributed by atoms with Crippen molar-refractivity contribution >= 4 is 28.9 Å². The Morgan fingerprint density at radius 3 is 2.71 bits per heavy atom. The quantitative estimate of drug-likeness (QED) is 0.847. The summed E-state index contributed by atoms with van der Waals surface area (Å²) in [5.41, 5.74) is 0. The molecule has 2 rings (SSSR count). The summed E-state index contributed by atoms with van der Waals surface area (Å²) in [5.74, 6) is -0.570. The van der Waals surface area contributed by atoms with Gasteiger partial charge in [0.15, 0.2) is 0 Å². The van der Waals surface area contributed by atoms with Crippen molar-refractivity contribution in [3.05, 3.63) is 45.4 Å². The van der Waals surface area contributed by atoms with Crippen LogP contribution in [-0.4, -0.2) is 11.0 Å². The van der Waals surface area contributed by atoms with Gasteiger partial charge in [0.1, 0.15) is 17.4 Å². The number of hydrogen-bond acceptors (Lipinski definition) is 5. The number of aromatic carboxylic acids is 1. The van der Waals surface area contributed by atoms with Gasteiger partial charge in [0, 0.05) is 11.2 Å². The van der Waals surface area contributed by atoms with Gasteiger partial charge in [-0.05, 0) is 24.3 Å². The maximum atomic E-state index is 10.5. The van der Waals surface area contributed by atoms with Crippen molar-refractivity contribution in [3.63, 3.8) is 0 Å². The summed E-state index contributed by atoms with van der Waals surface area (Å²) >= 11 is 6.77. The second-order valence-electron chi connectivity index (χ2n) is 3.15. The average molecular weight is 269 g/mol. The molecule has 0 aliphatic rings. The monoisotopic (exact) mass is 268 g/mol. The Hall–Kier alpha value is -1.59. The molecule has 0 N–H and O–H groups in total. The van der Waals surface area contributed by atoms with E-state index in [9.17, 15) is 9.90 Å². The first-order valence-electron chi connectivity index (χ1n) is 4.69. The summed E-state index contributed by atoms with van der Waals surface area (Å²) in [5, 5.41) is 11.7. The van der Waals surface area contributed by atoms with Crippen LogP contribution in [0, 0.1) is 0 Å². The number of carboxylic acid groups (broad SMARTS) is 1. The zero-order valence-electron chi connectivity index (χ0n) is 8.55. The van der Waals surface area contributed by atoms with Gasteiger partial charge in [-0.25, -0.2) is 4.98 Å². The molecule has 17 heavy (non-hydrogen) atoms. The van der Waals surface area contributed by atoms with Crippen LogP contribution in [0.15, 0.2) is 30.5 Å². The highest BCUT2D eigenvalue weighted by Crippen LogP contribution is 2.18. The van der Waals surface area contributed by atoms with E-state index in [1.54, 1.807) is 24.3 Å². The molecule has 2 aromatic rings. The molecular weight excluding hydrogens is 262 g/mol. The molecule has 0 radical (unpaired) electrons. The number of carboxylic acids is 1. The lowest BCUT2D eigenvalue weighted by atomic mass is 10.3. The highest BCUT2D eigenvalue weighted by atomic mass is 35.5. The van der Waals surface area contributed by atoms with Crippen molar-refractivity contribution in [2.24, 2.45) is 0 Å². The normalized spacial score (nSPS) is 10.2. The SMILES string of the molecule is O=C([O-])c1cnc(COc2ccc(Cl)cc2)s1. The fourth-order valence-electron chi connectivity index (χ4n) is 1.15. The zero-order valence-corrected chi connectivity index (χ0v) is 10.1. The predicted octanol–water partition coefficient (Wildman–Crippen LogP) is 1.74. The first-order chi connectivity index (χ1) is 8.15. The Balaban J connectivity index is 1.97. The smallest absolute Gasteiger partial charge is 0.140 e. The van der Waals surface area contributed by atoms with Crippen LogP contribution < -0.4 is 9.84 Å². The molecule has 0 spiro atoms. The van der Waals surface area contributed by atoms with Crippen molar-refractivity contribution in [1.82, 2.24) is 4.98 Å². The number of ether oxygens (including phenoxy) is 1. The van der Waals surface area contributed by atoms with Gasteiger partial charge >= 0.3 is 0 Å². The molecule has 0 fully saturated rings. The van der Waals surface area contributed by atoms with Crippen LogP contribution in [0.3, 0.4) is 0 Å². The maximum Gasteiger partial charge on any atom is 0.140 e. The van der Waals surface area contributed by atoms with Gasteiger partial charge in [-0.15, -0.1) is 11.3 Å². The number of carbonyl (C=O) groups excluding carboxylic acids is 1. The van der Waals surface area contributed by atoms with Crippen LogP contribution in [0.2, 0.25) is 5.02 Å². The summed E-state index contributed by atoms with van der Waals surface area (Å²) in [6.07, 6.45) is 1.26. The van der Waals surface area contributed by atoms with Gasteiger partial charge in [-0.1, -0.05) is 11.6 Å². The Kier molecular flexibility index (Phi) is 3.61. The number of aromatic nitrogens is 1. The lowest BCUT2D eigenvalue weighted by Crippen LogP contribution is -2.20. The number of rotatable bonds is 4. The maximum absolute atomic E-state index is 10.5. The molecule has 0 saturated carbocycles. The topological polar surface area (TPSA) is 62.2 Å². The van der Waals surface area contributed by atoms with E-state index >= 15 is 0 Å². The molecule has 0 unspecified atom stereocenters. The largest absolute Gasteiger partial charge is 0.544 e. The molecule has 0 bridgehead atoms. The van der Waals surface area contributed by atoms with Gasteiger partial charge < -0.3 is 14.6 Å². The molecule has 0 aliphatic heterocycles. The molecule has 88 valence electrons. The lowest BCUT2D eigenvalue weighted by Gasteiger charge is -2.03. The van der Waals surface area contributed by atoms with E-state index in [2.05, 4.69) is 4.98 Å². The molecular formula is C11H7ClNO3S-. The van der Waals surface area contributed by atoms with Crippen molar-refractivity contribution in [3.8, 4) is 5.75 Å². The predicted molar refractivity (Wildman–Crippen MR) is 62.2 cm³/mol. The third-order valence-electron chi connectivity index (χ3n) is 1.93. The number of halogens is 1. The zero-order chi connectivity index (χ0) is 12.3. The summed E-state index contributed by atoms with van der Waals surface area (Å²) < 4.78 is 5.42. The molecule has 1 aromatic carbocycles. The van der Waals surface area contributed by atoms with Crippen molar-refractivity contribution in [1.29, 1.82) is 0 Å². The lowest BCUT2D eigenvalue weighted by molar-refractivity contribution is -0.254. The van der Waals surface area contributed by atoms with Gasteiger partial charge in [0.2, 0.25) is 0 Å². The van der Waals surface area contributed by atoms with E-state index in [0.29, 0.717) is 15.8 Å². The molecule has 1 heterocycles. The molecule has 0 saturated heterocycles. The van der Waals surface area contributed by atoms with E-state index in [4.69, 9.17) is 16.3 Å². The van der Waals surface area contributed by atoms with E-state index in [0.717, 1.165) is 11.3 Å². The minimum Gasteiger partial charge on any atom is -0.544 e.